The number of hydrogen-bond acceptors (Lipinski definition) is 6. The van der Waals surface area contributed by atoms with Crippen LogP contribution in [0.15, 0.2) is 29.8 Å². The number of carbonyl (C=O) groups excluding carboxylic acids is 2. The van der Waals surface area contributed by atoms with Gasteiger partial charge in [-0.3, -0.25) is 14.9 Å². The lowest BCUT2D eigenvalue weighted by Crippen LogP contribution is -2.29. The summed E-state index contributed by atoms with van der Waals surface area (Å²) in [5, 5.41) is 6.47. The van der Waals surface area contributed by atoms with Crippen LogP contribution in [0.4, 0.5) is 5.13 Å². The molecule has 1 aliphatic heterocycles. The van der Waals surface area contributed by atoms with Gasteiger partial charge in [0, 0.05) is 17.0 Å². The van der Waals surface area contributed by atoms with E-state index in [2.05, 4.69) is 21.7 Å². The van der Waals surface area contributed by atoms with Crippen molar-refractivity contribution in [2.24, 2.45) is 0 Å². The van der Waals surface area contributed by atoms with Crippen molar-refractivity contribution in [2.75, 3.05) is 18.7 Å². The number of nitrogens with one attached hydrogen (secondary N) is 2. The number of carbonyl (C=O) groups is 2. The van der Waals surface area contributed by atoms with Gasteiger partial charge in [-0.1, -0.05) is 11.6 Å². The maximum atomic E-state index is 12.7. The fourth-order valence-corrected chi connectivity index (χ4v) is 5.38. The summed E-state index contributed by atoms with van der Waals surface area (Å²) in [5.74, 6) is 0.748. The molecule has 0 radical (unpaired) electrons. The van der Waals surface area contributed by atoms with Crippen LogP contribution in [0.25, 0.3) is 0 Å². The topological polar surface area (TPSA) is 89.6 Å². The average Bonchev–Trinajstić information content (AvgIpc) is 3.49. The van der Waals surface area contributed by atoms with Crippen LogP contribution in [0.3, 0.4) is 0 Å². The third-order valence-electron chi connectivity index (χ3n) is 6.02. The fourth-order valence-electron chi connectivity index (χ4n) is 4.34. The largest absolute Gasteiger partial charge is 0.454 e. The first-order valence-corrected chi connectivity index (χ1v) is 11.7. The van der Waals surface area contributed by atoms with E-state index in [0.717, 1.165) is 42.7 Å². The monoisotopic (exact) mass is 439 g/mol. The molecule has 0 spiro atoms. The summed E-state index contributed by atoms with van der Waals surface area (Å²) in [4.78, 5) is 31.0. The smallest absolute Gasteiger partial charge is 0.257 e. The molecule has 2 aromatic rings. The Kier molecular flexibility index (Phi) is 5.63. The van der Waals surface area contributed by atoms with Gasteiger partial charge in [-0.25, -0.2) is 4.98 Å². The Hall–Kier alpha value is -2.87. The molecule has 2 N–H and O–H groups in total. The third kappa shape index (κ3) is 4.30. The van der Waals surface area contributed by atoms with Crippen molar-refractivity contribution in [1.82, 2.24) is 10.3 Å². The molecule has 1 atom stereocenters. The maximum absolute atomic E-state index is 12.7. The Balaban J connectivity index is 1.19. The fraction of sp³-hybridized carbons (Fsp3) is 0.435. The van der Waals surface area contributed by atoms with E-state index in [9.17, 15) is 9.59 Å². The molecular formula is C23H25N3O4S. The lowest BCUT2D eigenvalue weighted by atomic mass is 9.97. The van der Waals surface area contributed by atoms with Crippen LogP contribution in [0.5, 0.6) is 11.5 Å². The zero-order valence-electron chi connectivity index (χ0n) is 17.2. The van der Waals surface area contributed by atoms with E-state index in [1.807, 2.05) is 0 Å². The average molecular weight is 440 g/mol. The molecule has 0 saturated heterocycles. The lowest BCUT2D eigenvalue weighted by molar-refractivity contribution is -0.122. The van der Waals surface area contributed by atoms with Gasteiger partial charge in [0.2, 0.25) is 12.7 Å². The van der Waals surface area contributed by atoms with Crippen molar-refractivity contribution in [1.29, 1.82) is 0 Å². The molecule has 1 aromatic carbocycles. The highest BCUT2D eigenvalue weighted by atomic mass is 32.1. The van der Waals surface area contributed by atoms with Gasteiger partial charge in [0.15, 0.2) is 16.6 Å². The van der Waals surface area contributed by atoms with Crippen LogP contribution >= 0.6 is 11.3 Å². The Morgan fingerprint density at radius 3 is 2.94 bits per heavy atom. The first-order chi connectivity index (χ1) is 15.2. The summed E-state index contributed by atoms with van der Waals surface area (Å²) in [6.45, 7) is 0.842. The molecule has 2 amide bonds. The molecule has 0 unspecified atom stereocenters. The van der Waals surface area contributed by atoms with E-state index in [1.54, 1.807) is 18.2 Å². The van der Waals surface area contributed by atoms with Gasteiger partial charge < -0.3 is 14.8 Å². The van der Waals surface area contributed by atoms with Gasteiger partial charge in [-0.2, -0.15) is 0 Å². The van der Waals surface area contributed by atoms with Gasteiger partial charge in [-0.15, -0.1) is 11.3 Å². The van der Waals surface area contributed by atoms with Gasteiger partial charge in [0.1, 0.15) is 0 Å². The van der Waals surface area contributed by atoms with Crippen molar-refractivity contribution in [3.05, 3.63) is 46.0 Å². The van der Waals surface area contributed by atoms with Crippen molar-refractivity contribution >= 4 is 28.3 Å². The molecule has 0 fully saturated rings. The molecule has 2 heterocycles. The van der Waals surface area contributed by atoms with E-state index in [4.69, 9.17) is 9.47 Å². The highest BCUT2D eigenvalue weighted by molar-refractivity contribution is 7.16. The van der Waals surface area contributed by atoms with E-state index >= 15 is 0 Å². The van der Waals surface area contributed by atoms with Crippen LogP contribution in [0.2, 0.25) is 0 Å². The van der Waals surface area contributed by atoms with E-state index in [-0.39, 0.29) is 24.5 Å². The quantitative estimate of drug-likeness (QED) is 0.660. The molecule has 8 heteroatoms. The maximum Gasteiger partial charge on any atom is 0.257 e. The second-order valence-electron chi connectivity index (χ2n) is 8.09. The van der Waals surface area contributed by atoms with Crippen LogP contribution in [0.1, 0.15) is 65.4 Å². The van der Waals surface area contributed by atoms with Crippen molar-refractivity contribution in [3.63, 3.8) is 0 Å². The normalized spacial score (nSPS) is 19.0. The number of aromatic nitrogens is 1. The molecule has 162 valence electrons. The molecule has 0 bridgehead atoms. The zero-order valence-corrected chi connectivity index (χ0v) is 18.1. The number of anilines is 1. The molecule has 7 nitrogen and oxygen atoms in total. The molecule has 31 heavy (non-hydrogen) atoms. The van der Waals surface area contributed by atoms with E-state index in [0.29, 0.717) is 28.7 Å². The number of rotatable bonds is 6. The van der Waals surface area contributed by atoms with E-state index in [1.165, 1.54) is 29.8 Å². The number of aryl methyl sites for hydroxylation is 1. The summed E-state index contributed by atoms with van der Waals surface area (Å²) in [7, 11) is 0. The third-order valence-corrected chi connectivity index (χ3v) is 7.07. The van der Waals surface area contributed by atoms with Crippen molar-refractivity contribution in [2.45, 2.75) is 50.9 Å². The Morgan fingerprint density at radius 1 is 1.16 bits per heavy atom. The summed E-state index contributed by atoms with van der Waals surface area (Å²) in [5.41, 5.74) is 2.74. The molecular weight excluding hydrogens is 414 g/mol. The van der Waals surface area contributed by atoms with Gasteiger partial charge in [0.05, 0.1) is 11.6 Å². The molecule has 1 aromatic heterocycles. The molecule has 3 aliphatic rings. The second kappa shape index (κ2) is 8.70. The SMILES string of the molecule is O=C(Nc1nc2c(s1)CC[C@@H]2C(=O)NCCC1=CCCCC1)c1ccc2c(c1)OCO2. The van der Waals surface area contributed by atoms with Crippen molar-refractivity contribution < 1.29 is 19.1 Å². The Labute approximate surface area is 184 Å². The highest BCUT2D eigenvalue weighted by Gasteiger charge is 2.32. The summed E-state index contributed by atoms with van der Waals surface area (Å²) >= 11 is 1.45. The first-order valence-electron chi connectivity index (χ1n) is 10.8. The summed E-state index contributed by atoms with van der Waals surface area (Å²) in [6.07, 6.45) is 9.69. The minimum atomic E-state index is -0.257. The number of nitrogens with zero attached hydrogens (tertiary/aromatic N) is 1. The van der Waals surface area contributed by atoms with Crippen LogP contribution in [-0.2, 0) is 11.2 Å². The van der Waals surface area contributed by atoms with Gasteiger partial charge in [0.25, 0.3) is 5.91 Å². The number of allylic oxidation sites excluding steroid dienone is 1. The standard InChI is InChI=1S/C23H25N3O4S/c27-21(15-6-8-17-18(12-15)30-13-29-17)26-23-25-20-16(7-9-19(20)31-23)22(28)24-11-10-14-4-2-1-3-5-14/h4,6,8,12,16H,1-3,5,7,9-11,13H2,(H,24,28)(H,25,26,27)/t16-/m0/s1. The van der Waals surface area contributed by atoms with Gasteiger partial charge >= 0.3 is 0 Å². The highest BCUT2D eigenvalue weighted by Crippen LogP contribution is 2.39. The number of hydrogen-bond donors (Lipinski definition) is 2. The van der Waals surface area contributed by atoms with Crippen LogP contribution in [0, 0.1) is 0 Å². The molecule has 0 saturated carbocycles. The molecule has 5 rings (SSSR count). The van der Waals surface area contributed by atoms with Crippen LogP contribution in [-0.4, -0.2) is 30.1 Å². The molecule has 2 aliphatic carbocycles. The summed E-state index contributed by atoms with van der Waals surface area (Å²) < 4.78 is 10.6. The van der Waals surface area contributed by atoms with Crippen molar-refractivity contribution in [3.8, 4) is 11.5 Å². The number of amides is 2. The number of thiazole rings is 1. The Morgan fingerprint density at radius 2 is 2.06 bits per heavy atom. The first kappa shape index (κ1) is 20.1. The number of fused-ring (bicyclic) bond motifs is 2. The van der Waals surface area contributed by atoms with Gasteiger partial charge in [-0.05, 0) is 63.1 Å². The number of ether oxygens (including phenoxy) is 2. The Bertz CT molecular complexity index is 1050. The predicted molar refractivity (Wildman–Crippen MR) is 118 cm³/mol. The second-order valence-corrected chi connectivity index (χ2v) is 9.17. The minimum Gasteiger partial charge on any atom is -0.454 e. The predicted octanol–water partition coefficient (Wildman–Crippen LogP) is 4.16. The zero-order chi connectivity index (χ0) is 21.2. The number of benzene rings is 1. The lowest BCUT2D eigenvalue weighted by Gasteiger charge is -2.14. The van der Waals surface area contributed by atoms with Crippen LogP contribution < -0.4 is 20.1 Å². The minimum absolute atomic E-state index is 0.0362. The summed E-state index contributed by atoms with van der Waals surface area (Å²) in [6, 6.07) is 5.09. The van der Waals surface area contributed by atoms with E-state index < -0.39 is 0 Å².